The van der Waals surface area contributed by atoms with Crippen LogP contribution in [0.5, 0.6) is 0 Å². The van der Waals surface area contributed by atoms with Gasteiger partial charge >= 0.3 is 0 Å². The molecule has 2 atom stereocenters. The second-order valence-electron chi connectivity index (χ2n) is 4.86. The molecule has 0 aliphatic heterocycles. The summed E-state index contributed by atoms with van der Waals surface area (Å²) in [5.74, 6) is 2.12. The Hall–Kier alpha value is -0.500. The van der Waals surface area contributed by atoms with Gasteiger partial charge in [0, 0.05) is 0 Å². The van der Waals surface area contributed by atoms with Gasteiger partial charge in [-0.25, -0.2) is 4.39 Å². The Morgan fingerprint density at radius 2 is 2.19 bits per heavy atom. The van der Waals surface area contributed by atoms with Crippen molar-refractivity contribution in [2.75, 3.05) is 5.75 Å². The van der Waals surface area contributed by atoms with Gasteiger partial charge < -0.3 is 0 Å². The fourth-order valence-electron chi connectivity index (χ4n) is 2.94. The van der Waals surface area contributed by atoms with Crippen LogP contribution in [0.4, 0.5) is 4.39 Å². The van der Waals surface area contributed by atoms with Crippen molar-refractivity contribution in [3.63, 3.8) is 0 Å². The molecule has 1 aliphatic carbocycles. The molecular weight excluding hydrogens is 219 g/mol. The highest BCUT2D eigenvalue weighted by Gasteiger charge is 2.27. The average molecular weight is 238 g/mol. The van der Waals surface area contributed by atoms with Crippen molar-refractivity contribution in [2.24, 2.45) is 5.92 Å². The van der Waals surface area contributed by atoms with E-state index in [1.165, 1.54) is 12.8 Å². The molecule has 0 heterocycles. The molecule has 0 radical (unpaired) electrons. The highest BCUT2D eigenvalue weighted by Crippen LogP contribution is 2.41. The largest absolute Gasteiger partial charge is 0.207 e. The molecule has 88 valence electrons. The van der Waals surface area contributed by atoms with Crippen LogP contribution in [0.3, 0.4) is 0 Å². The number of hydrogen-bond donors (Lipinski definition) is 1. The standard InChI is InChI=1S/C14H19FS/c1-10-3-2-4-13(15)14(10)12-6-5-11(9-12)7-8-16/h2-4,11-12,16H,5-9H2,1H3. The molecule has 2 heteroatoms. The van der Waals surface area contributed by atoms with Gasteiger partial charge in [0.25, 0.3) is 0 Å². The summed E-state index contributed by atoms with van der Waals surface area (Å²) in [6, 6.07) is 5.41. The van der Waals surface area contributed by atoms with E-state index in [4.69, 9.17) is 0 Å². The molecular formula is C14H19FS. The van der Waals surface area contributed by atoms with E-state index in [1.807, 2.05) is 13.0 Å². The zero-order chi connectivity index (χ0) is 11.5. The number of halogens is 1. The lowest BCUT2D eigenvalue weighted by atomic mass is 9.91. The molecule has 1 aromatic carbocycles. The van der Waals surface area contributed by atoms with Crippen LogP contribution in [0.1, 0.15) is 42.7 Å². The summed E-state index contributed by atoms with van der Waals surface area (Å²) in [6.45, 7) is 2.02. The van der Waals surface area contributed by atoms with Gasteiger partial charge in [0.05, 0.1) is 0 Å². The Labute approximate surface area is 103 Å². The molecule has 0 amide bonds. The Bertz CT molecular complexity index is 342. The van der Waals surface area contributed by atoms with Crippen molar-refractivity contribution in [3.05, 3.63) is 35.1 Å². The maximum absolute atomic E-state index is 13.8. The molecule has 2 unspecified atom stereocenters. The van der Waals surface area contributed by atoms with Gasteiger partial charge in [-0.05, 0) is 67.4 Å². The van der Waals surface area contributed by atoms with E-state index in [-0.39, 0.29) is 5.82 Å². The second kappa shape index (κ2) is 5.22. The third kappa shape index (κ3) is 2.42. The first-order chi connectivity index (χ1) is 7.72. The first kappa shape index (κ1) is 12.0. The summed E-state index contributed by atoms with van der Waals surface area (Å²) in [7, 11) is 0. The van der Waals surface area contributed by atoms with Crippen LogP contribution in [0, 0.1) is 18.7 Å². The van der Waals surface area contributed by atoms with E-state index in [0.717, 1.165) is 35.6 Å². The zero-order valence-electron chi connectivity index (χ0n) is 9.75. The lowest BCUT2D eigenvalue weighted by Gasteiger charge is -2.14. The van der Waals surface area contributed by atoms with Gasteiger partial charge in [-0.2, -0.15) is 12.6 Å². The van der Waals surface area contributed by atoms with Gasteiger partial charge in [-0.1, -0.05) is 12.1 Å². The van der Waals surface area contributed by atoms with Gasteiger partial charge in [-0.15, -0.1) is 0 Å². The van der Waals surface area contributed by atoms with Crippen LogP contribution in [0.25, 0.3) is 0 Å². The predicted octanol–water partition coefficient (Wildman–Crippen LogP) is 4.34. The molecule has 1 fully saturated rings. The number of thiol groups is 1. The van der Waals surface area contributed by atoms with Crippen molar-refractivity contribution < 1.29 is 4.39 Å². The van der Waals surface area contributed by atoms with Crippen LogP contribution < -0.4 is 0 Å². The number of aryl methyl sites for hydroxylation is 1. The van der Waals surface area contributed by atoms with Gasteiger partial charge in [0.2, 0.25) is 0 Å². The summed E-state index contributed by atoms with van der Waals surface area (Å²) in [5.41, 5.74) is 2.07. The van der Waals surface area contributed by atoms with Crippen molar-refractivity contribution in [1.82, 2.24) is 0 Å². The van der Waals surface area contributed by atoms with Crippen molar-refractivity contribution in [2.45, 2.75) is 38.5 Å². The van der Waals surface area contributed by atoms with Gasteiger partial charge in [-0.3, -0.25) is 0 Å². The number of rotatable bonds is 3. The van der Waals surface area contributed by atoms with Gasteiger partial charge in [0.15, 0.2) is 0 Å². The van der Waals surface area contributed by atoms with Crippen LogP contribution in [0.15, 0.2) is 18.2 Å². The fraction of sp³-hybridized carbons (Fsp3) is 0.571. The van der Waals surface area contributed by atoms with Crippen molar-refractivity contribution in [3.8, 4) is 0 Å². The maximum atomic E-state index is 13.8. The summed E-state index contributed by atoms with van der Waals surface area (Å²) in [4.78, 5) is 0. The van der Waals surface area contributed by atoms with Crippen LogP contribution in [0.2, 0.25) is 0 Å². The minimum Gasteiger partial charge on any atom is -0.207 e. The molecule has 1 aliphatic rings. The minimum absolute atomic E-state index is 0.0171. The Balaban J connectivity index is 2.14. The van der Waals surface area contributed by atoms with E-state index in [1.54, 1.807) is 12.1 Å². The van der Waals surface area contributed by atoms with E-state index >= 15 is 0 Å². The highest BCUT2D eigenvalue weighted by molar-refractivity contribution is 7.80. The maximum Gasteiger partial charge on any atom is 0.126 e. The minimum atomic E-state index is -0.0171. The van der Waals surface area contributed by atoms with E-state index in [0.29, 0.717) is 5.92 Å². The average Bonchev–Trinajstić information content (AvgIpc) is 2.67. The SMILES string of the molecule is Cc1cccc(F)c1C1CCC(CCS)C1. The Morgan fingerprint density at radius 3 is 2.88 bits per heavy atom. The number of hydrogen-bond acceptors (Lipinski definition) is 1. The van der Waals surface area contributed by atoms with E-state index in [2.05, 4.69) is 12.6 Å². The molecule has 0 aromatic heterocycles. The van der Waals surface area contributed by atoms with E-state index in [9.17, 15) is 4.39 Å². The van der Waals surface area contributed by atoms with Crippen LogP contribution in [-0.4, -0.2) is 5.75 Å². The van der Waals surface area contributed by atoms with Crippen molar-refractivity contribution in [1.29, 1.82) is 0 Å². The van der Waals surface area contributed by atoms with Gasteiger partial charge in [0.1, 0.15) is 5.82 Å². The zero-order valence-corrected chi connectivity index (χ0v) is 10.6. The lowest BCUT2D eigenvalue weighted by molar-refractivity contribution is 0.517. The molecule has 0 nitrogen and oxygen atoms in total. The normalized spacial score (nSPS) is 24.9. The topological polar surface area (TPSA) is 0 Å². The molecule has 0 saturated heterocycles. The molecule has 1 saturated carbocycles. The highest BCUT2D eigenvalue weighted by atomic mass is 32.1. The first-order valence-electron chi connectivity index (χ1n) is 6.08. The van der Waals surface area contributed by atoms with E-state index < -0.39 is 0 Å². The third-order valence-corrected chi connectivity index (χ3v) is 4.02. The molecule has 16 heavy (non-hydrogen) atoms. The Kier molecular flexibility index (Phi) is 3.91. The summed E-state index contributed by atoms with van der Waals surface area (Å²) in [5, 5.41) is 0. The summed E-state index contributed by atoms with van der Waals surface area (Å²) in [6.07, 6.45) is 4.69. The first-order valence-corrected chi connectivity index (χ1v) is 6.71. The predicted molar refractivity (Wildman–Crippen MR) is 69.7 cm³/mol. The molecule has 1 aromatic rings. The van der Waals surface area contributed by atoms with Crippen LogP contribution in [-0.2, 0) is 0 Å². The molecule has 0 spiro atoms. The quantitative estimate of drug-likeness (QED) is 0.744. The molecule has 0 N–H and O–H groups in total. The van der Waals surface area contributed by atoms with Crippen LogP contribution >= 0.6 is 12.6 Å². The summed E-state index contributed by atoms with van der Waals surface area (Å²) >= 11 is 4.28. The smallest absolute Gasteiger partial charge is 0.126 e. The lowest BCUT2D eigenvalue weighted by Crippen LogP contribution is -2.01. The monoisotopic (exact) mass is 238 g/mol. The second-order valence-corrected chi connectivity index (χ2v) is 5.31. The molecule has 0 bridgehead atoms. The summed E-state index contributed by atoms with van der Waals surface area (Å²) < 4.78 is 13.8. The fourth-order valence-corrected chi connectivity index (χ4v) is 3.31. The molecule has 2 rings (SSSR count). The van der Waals surface area contributed by atoms with Crippen molar-refractivity contribution >= 4 is 12.6 Å². The third-order valence-electron chi connectivity index (χ3n) is 3.76. The Morgan fingerprint density at radius 1 is 1.38 bits per heavy atom. The number of benzene rings is 1.